The van der Waals surface area contributed by atoms with Crippen LogP contribution < -0.4 is 0 Å². The molecule has 0 saturated carbocycles. The minimum atomic E-state index is -0.687. The average molecular weight is 280 g/mol. The van der Waals surface area contributed by atoms with E-state index in [0.717, 1.165) is 16.5 Å². The van der Waals surface area contributed by atoms with Gasteiger partial charge < -0.3 is 9.52 Å². The quantitative estimate of drug-likeness (QED) is 0.751. The monoisotopic (exact) mass is 280 g/mol. The Balaban J connectivity index is 2.01. The summed E-state index contributed by atoms with van der Waals surface area (Å²) < 4.78 is 5.84. The molecule has 0 aliphatic rings. The fourth-order valence-electron chi connectivity index (χ4n) is 2.70. The van der Waals surface area contributed by atoms with Crippen molar-refractivity contribution in [2.75, 3.05) is 0 Å². The molecule has 0 spiro atoms. The second-order valence-corrected chi connectivity index (χ2v) is 6.18. The maximum absolute atomic E-state index is 10.8. The van der Waals surface area contributed by atoms with Gasteiger partial charge in [-0.1, -0.05) is 55.8 Å². The van der Waals surface area contributed by atoms with Crippen LogP contribution in [0.4, 0.5) is 0 Å². The molecule has 0 aliphatic heterocycles. The number of aliphatic hydroxyl groups is 1. The van der Waals surface area contributed by atoms with E-state index in [-0.39, 0.29) is 0 Å². The third kappa shape index (κ3) is 2.47. The van der Waals surface area contributed by atoms with Gasteiger partial charge in [0.25, 0.3) is 0 Å². The Morgan fingerprint density at radius 1 is 1.00 bits per heavy atom. The van der Waals surface area contributed by atoms with Gasteiger partial charge in [0.15, 0.2) is 0 Å². The zero-order valence-corrected chi connectivity index (χ0v) is 12.6. The first-order valence-electron chi connectivity index (χ1n) is 7.22. The van der Waals surface area contributed by atoms with Crippen LogP contribution in [-0.4, -0.2) is 5.11 Å². The van der Waals surface area contributed by atoms with Crippen molar-refractivity contribution in [3.8, 4) is 0 Å². The number of hydrogen-bond donors (Lipinski definition) is 1. The summed E-state index contributed by atoms with van der Waals surface area (Å²) in [5.74, 6) is 0.615. The van der Waals surface area contributed by atoms with Gasteiger partial charge in [-0.05, 0) is 30.7 Å². The molecule has 1 unspecified atom stereocenters. The number of aryl methyl sites for hydroxylation is 1. The molecule has 2 heteroatoms. The van der Waals surface area contributed by atoms with Gasteiger partial charge in [0.1, 0.15) is 17.4 Å². The Labute approximate surface area is 125 Å². The first-order valence-corrected chi connectivity index (χ1v) is 7.22. The number of hydrogen-bond acceptors (Lipinski definition) is 2. The van der Waals surface area contributed by atoms with Crippen LogP contribution in [0.1, 0.15) is 36.8 Å². The second kappa shape index (κ2) is 5.05. The van der Waals surface area contributed by atoms with Crippen LogP contribution in [0.2, 0.25) is 0 Å². The lowest BCUT2D eigenvalue weighted by molar-refractivity contribution is 0.0800. The predicted molar refractivity (Wildman–Crippen MR) is 85.4 cm³/mol. The first-order chi connectivity index (χ1) is 9.98. The summed E-state index contributed by atoms with van der Waals surface area (Å²) in [7, 11) is 0. The summed E-state index contributed by atoms with van der Waals surface area (Å²) in [6.45, 7) is 6.12. The minimum absolute atomic E-state index is 0.413. The molecule has 3 aromatic rings. The fourth-order valence-corrected chi connectivity index (χ4v) is 2.70. The normalized spacial score (nSPS) is 13.5. The number of aliphatic hydroxyl groups excluding tert-OH is 1. The molecule has 0 radical (unpaired) electrons. The van der Waals surface area contributed by atoms with E-state index in [1.807, 2.05) is 62.4 Å². The Kier molecular flexibility index (Phi) is 3.34. The zero-order chi connectivity index (χ0) is 15.0. The Morgan fingerprint density at radius 2 is 1.71 bits per heavy atom. The maximum atomic E-state index is 10.8. The molecule has 2 aromatic carbocycles. The van der Waals surface area contributed by atoms with E-state index in [9.17, 15) is 5.11 Å². The molecule has 0 amide bonds. The molecule has 21 heavy (non-hydrogen) atoms. The van der Waals surface area contributed by atoms with Crippen LogP contribution >= 0.6 is 0 Å². The summed E-state index contributed by atoms with van der Waals surface area (Å²) >= 11 is 0. The summed E-state index contributed by atoms with van der Waals surface area (Å²) in [4.78, 5) is 0. The first kappa shape index (κ1) is 13.9. The molecule has 0 bridgehead atoms. The largest absolute Gasteiger partial charge is 0.458 e. The van der Waals surface area contributed by atoms with Gasteiger partial charge in [-0.2, -0.15) is 0 Å². The van der Waals surface area contributed by atoms with Gasteiger partial charge in [0.05, 0.1) is 0 Å². The summed E-state index contributed by atoms with van der Waals surface area (Å²) in [5, 5.41) is 11.8. The van der Waals surface area contributed by atoms with Crippen LogP contribution in [0.3, 0.4) is 0 Å². The van der Waals surface area contributed by atoms with Gasteiger partial charge in [0.2, 0.25) is 0 Å². The molecule has 1 N–H and O–H groups in total. The predicted octanol–water partition coefficient (Wildman–Crippen LogP) is 4.75. The van der Waals surface area contributed by atoms with Crippen molar-refractivity contribution in [1.82, 2.24) is 0 Å². The number of rotatable bonds is 3. The number of furan rings is 1. The Bertz CT molecular complexity index is 754. The Morgan fingerprint density at radius 3 is 2.43 bits per heavy atom. The van der Waals surface area contributed by atoms with Crippen LogP contribution in [-0.2, 0) is 5.41 Å². The standard InChI is InChI=1S/C19H20O2/c1-13-9-10-16-14(11-13)12-17(21-16)18(20)19(2,3)15-7-5-4-6-8-15/h4-12,18,20H,1-3H3. The van der Waals surface area contributed by atoms with E-state index in [4.69, 9.17) is 4.42 Å². The van der Waals surface area contributed by atoms with Gasteiger partial charge in [-0.15, -0.1) is 0 Å². The molecule has 1 aromatic heterocycles. The van der Waals surface area contributed by atoms with E-state index in [1.54, 1.807) is 0 Å². The highest BCUT2D eigenvalue weighted by atomic mass is 16.4. The lowest BCUT2D eigenvalue weighted by atomic mass is 9.78. The third-order valence-corrected chi connectivity index (χ3v) is 4.16. The molecule has 3 rings (SSSR count). The molecule has 2 nitrogen and oxygen atoms in total. The summed E-state index contributed by atoms with van der Waals surface area (Å²) in [6.07, 6.45) is -0.687. The van der Waals surface area contributed by atoms with E-state index < -0.39 is 11.5 Å². The van der Waals surface area contributed by atoms with Gasteiger partial charge >= 0.3 is 0 Å². The lowest BCUT2D eigenvalue weighted by Crippen LogP contribution is -2.26. The van der Waals surface area contributed by atoms with E-state index in [0.29, 0.717) is 5.76 Å². The van der Waals surface area contributed by atoms with E-state index >= 15 is 0 Å². The average Bonchev–Trinajstić information content (AvgIpc) is 2.90. The molecule has 0 saturated heterocycles. The topological polar surface area (TPSA) is 33.4 Å². The SMILES string of the molecule is Cc1ccc2oc(C(O)C(C)(C)c3ccccc3)cc2c1. The summed E-state index contributed by atoms with van der Waals surface area (Å²) in [5.41, 5.74) is 2.68. The molecule has 1 heterocycles. The van der Waals surface area contributed by atoms with Crippen molar-refractivity contribution in [2.45, 2.75) is 32.3 Å². The highest BCUT2D eigenvalue weighted by molar-refractivity contribution is 5.78. The van der Waals surface area contributed by atoms with E-state index in [2.05, 4.69) is 13.0 Å². The molecular formula is C19H20O2. The van der Waals surface area contributed by atoms with E-state index in [1.165, 1.54) is 5.56 Å². The molecular weight excluding hydrogens is 260 g/mol. The highest BCUT2D eigenvalue weighted by Gasteiger charge is 2.33. The third-order valence-electron chi connectivity index (χ3n) is 4.16. The number of benzene rings is 2. The second-order valence-electron chi connectivity index (χ2n) is 6.18. The van der Waals surface area contributed by atoms with Crippen molar-refractivity contribution < 1.29 is 9.52 Å². The zero-order valence-electron chi connectivity index (χ0n) is 12.6. The molecule has 1 atom stereocenters. The number of fused-ring (bicyclic) bond motifs is 1. The van der Waals surface area contributed by atoms with Gasteiger partial charge in [-0.3, -0.25) is 0 Å². The Hall–Kier alpha value is -2.06. The molecule has 108 valence electrons. The smallest absolute Gasteiger partial charge is 0.134 e. The maximum Gasteiger partial charge on any atom is 0.134 e. The van der Waals surface area contributed by atoms with Gasteiger partial charge in [0, 0.05) is 10.8 Å². The van der Waals surface area contributed by atoms with Crippen LogP contribution in [0.5, 0.6) is 0 Å². The van der Waals surface area contributed by atoms with Crippen LogP contribution in [0.15, 0.2) is 59.0 Å². The lowest BCUT2D eigenvalue weighted by Gasteiger charge is -2.29. The summed E-state index contributed by atoms with van der Waals surface area (Å²) in [6, 6.07) is 18.0. The van der Waals surface area contributed by atoms with Crippen molar-refractivity contribution >= 4 is 11.0 Å². The van der Waals surface area contributed by atoms with Crippen LogP contribution in [0, 0.1) is 6.92 Å². The van der Waals surface area contributed by atoms with Crippen molar-refractivity contribution in [3.63, 3.8) is 0 Å². The van der Waals surface area contributed by atoms with Crippen molar-refractivity contribution in [3.05, 3.63) is 71.5 Å². The van der Waals surface area contributed by atoms with Crippen molar-refractivity contribution in [2.24, 2.45) is 0 Å². The van der Waals surface area contributed by atoms with Gasteiger partial charge in [-0.25, -0.2) is 0 Å². The molecule has 0 fully saturated rings. The van der Waals surface area contributed by atoms with Crippen LogP contribution in [0.25, 0.3) is 11.0 Å². The highest BCUT2D eigenvalue weighted by Crippen LogP contribution is 2.38. The van der Waals surface area contributed by atoms with Crippen molar-refractivity contribution in [1.29, 1.82) is 0 Å². The minimum Gasteiger partial charge on any atom is -0.458 e. The fraction of sp³-hybridized carbons (Fsp3) is 0.263. The molecule has 0 aliphatic carbocycles.